The lowest BCUT2D eigenvalue weighted by Gasteiger charge is -2.20. The van der Waals surface area contributed by atoms with Crippen LogP contribution in [0.1, 0.15) is 78.1 Å². The number of ether oxygens (including phenoxy) is 5. The van der Waals surface area contributed by atoms with Gasteiger partial charge in [0.15, 0.2) is 0 Å². The number of methoxy groups -OCH3 is 1. The van der Waals surface area contributed by atoms with Gasteiger partial charge in [-0.2, -0.15) is 0 Å². The predicted molar refractivity (Wildman–Crippen MR) is 169 cm³/mol. The van der Waals surface area contributed by atoms with Gasteiger partial charge in [0.05, 0.1) is 43.2 Å². The van der Waals surface area contributed by atoms with Crippen LogP contribution in [0.15, 0.2) is 72.8 Å². The zero-order chi connectivity index (χ0) is 30.1. The van der Waals surface area contributed by atoms with Gasteiger partial charge < -0.3 is 23.7 Å². The fourth-order valence-corrected chi connectivity index (χ4v) is 6.36. The van der Waals surface area contributed by atoms with Crippen LogP contribution in [0.3, 0.4) is 0 Å². The molecule has 1 unspecified atom stereocenters. The molecule has 8 heteroatoms. The van der Waals surface area contributed by atoms with Crippen molar-refractivity contribution in [3.8, 4) is 0 Å². The molecule has 1 aliphatic carbocycles. The van der Waals surface area contributed by atoms with Gasteiger partial charge in [0, 0.05) is 23.6 Å². The normalized spacial score (nSPS) is 16.9. The Morgan fingerprint density at radius 3 is 2.35 bits per heavy atom. The van der Waals surface area contributed by atoms with E-state index in [4.69, 9.17) is 28.7 Å². The number of benzene rings is 2. The third-order valence-corrected chi connectivity index (χ3v) is 8.71. The molecular formula is C35H45NO6S. The van der Waals surface area contributed by atoms with Gasteiger partial charge in [-0.05, 0) is 30.4 Å². The molecule has 0 saturated heterocycles. The molecule has 3 aromatic rings. The molecule has 0 saturated carbocycles. The minimum absolute atomic E-state index is 0.0474. The minimum Gasteiger partial charge on any atom is -0.469 e. The molecule has 1 aromatic heterocycles. The van der Waals surface area contributed by atoms with E-state index in [1.165, 1.54) is 18.4 Å². The fourth-order valence-electron chi connectivity index (χ4n) is 5.09. The van der Waals surface area contributed by atoms with Crippen molar-refractivity contribution in [2.24, 2.45) is 0 Å². The smallest absolute Gasteiger partial charge is 0.305 e. The highest BCUT2D eigenvalue weighted by Crippen LogP contribution is 2.40. The van der Waals surface area contributed by atoms with Crippen molar-refractivity contribution in [3.05, 3.63) is 99.5 Å². The van der Waals surface area contributed by atoms with Gasteiger partial charge in [-0.25, -0.2) is 4.98 Å². The number of thiazole rings is 1. The van der Waals surface area contributed by atoms with E-state index >= 15 is 0 Å². The maximum Gasteiger partial charge on any atom is 0.305 e. The molecule has 0 amide bonds. The number of unbranched alkanes of at least 4 members (excludes halogenated alkanes) is 2. The largest absolute Gasteiger partial charge is 0.469 e. The first kappa shape index (κ1) is 33.0. The molecule has 0 radical (unpaired) electrons. The molecule has 232 valence electrons. The second-order valence-electron chi connectivity index (χ2n) is 10.8. The summed E-state index contributed by atoms with van der Waals surface area (Å²) >= 11 is 1.72. The van der Waals surface area contributed by atoms with Gasteiger partial charge in [0.25, 0.3) is 0 Å². The summed E-state index contributed by atoms with van der Waals surface area (Å²) in [6.07, 6.45) is 11.3. The fraction of sp³-hybridized carbons (Fsp3) is 0.486. The van der Waals surface area contributed by atoms with Crippen LogP contribution in [-0.2, 0) is 54.5 Å². The maximum atomic E-state index is 11.6. The first-order chi connectivity index (χ1) is 21.2. The average Bonchev–Trinajstić information content (AvgIpc) is 3.58. The van der Waals surface area contributed by atoms with Crippen molar-refractivity contribution in [1.29, 1.82) is 0 Å². The van der Waals surface area contributed by atoms with E-state index in [9.17, 15) is 4.79 Å². The molecular weight excluding hydrogens is 562 g/mol. The van der Waals surface area contributed by atoms with E-state index in [1.54, 1.807) is 11.3 Å². The first-order valence-corrected chi connectivity index (χ1v) is 16.2. The van der Waals surface area contributed by atoms with Gasteiger partial charge in [-0.15, -0.1) is 11.3 Å². The van der Waals surface area contributed by atoms with E-state index in [-0.39, 0.29) is 37.7 Å². The van der Waals surface area contributed by atoms with Gasteiger partial charge in [0.1, 0.15) is 13.6 Å². The lowest BCUT2D eigenvalue weighted by molar-refractivity contribution is -0.140. The van der Waals surface area contributed by atoms with Crippen molar-refractivity contribution in [3.63, 3.8) is 0 Å². The lowest BCUT2D eigenvalue weighted by atomic mass is 10.0. The van der Waals surface area contributed by atoms with E-state index in [0.29, 0.717) is 19.6 Å². The van der Waals surface area contributed by atoms with Crippen molar-refractivity contribution < 1.29 is 28.5 Å². The van der Waals surface area contributed by atoms with Crippen LogP contribution in [-0.4, -0.2) is 43.9 Å². The van der Waals surface area contributed by atoms with E-state index < -0.39 is 0 Å². The molecule has 0 aliphatic heterocycles. The topological polar surface area (TPSA) is 76.1 Å². The number of esters is 1. The molecule has 7 nitrogen and oxygen atoms in total. The molecule has 0 spiro atoms. The average molecular weight is 608 g/mol. The molecule has 2 aromatic carbocycles. The summed E-state index contributed by atoms with van der Waals surface area (Å²) in [4.78, 5) is 17.7. The number of aryl methyl sites for hydroxylation is 1. The second kappa shape index (κ2) is 18.7. The summed E-state index contributed by atoms with van der Waals surface area (Å²) in [6.45, 7) is 3.70. The van der Waals surface area contributed by atoms with Crippen molar-refractivity contribution >= 4 is 17.3 Å². The van der Waals surface area contributed by atoms with Crippen LogP contribution in [0.25, 0.3) is 0 Å². The van der Waals surface area contributed by atoms with Gasteiger partial charge in [-0.3, -0.25) is 4.79 Å². The second-order valence-corrected chi connectivity index (χ2v) is 11.9. The summed E-state index contributed by atoms with van der Waals surface area (Å²) in [5.41, 5.74) is 3.33. The van der Waals surface area contributed by atoms with Gasteiger partial charge in [-0.1, -0.05) is 99.0 Å². The number of nitrogens with zero attached hydrogens (tertiary/aromatic N) is 1. The number of rotatable bonds is 20. The molecule has 3 atom stereocenters. The highest BCUT2D eigenvalue weighted by atomic mass is 32.1. The summed E-state index contributed by atoms with van der Waals surface area (Å²) in [5, 5.41) is 1.05. The monoisotopic (exact) mass is 607 g/mol. The van der Waals surface area contributed by atoms with Crippen molar-refractivity contribution in [2.45, 2.75) is 89.6 Å². The maximum absolute atomic E-state index is 11.6. The predicted octanol–water partition coefficient (Wildman–Crippen LogP) is 7.53. The van der Waals surface area contributed by atoms with E-state index in [2.05, 4.69) is 31.2 Å². The van der Waals surface area contributed by atoms with Gasteiger partial charge >= 0.3 is 5.97 Å². The minimum atomic E-state index is -0.185. The number of fused-ring (bicyclic) bond motifs is 1. The Balaban J connectivity index is 1.38. The molecule has 0 fully saturated rings. The van der Waals surface area contributed by atoms with E-state index in [1.807, 2.05) is 48.5 Å². The molecule has 43 heavy (non-hydrogen) atoms. The summed E-state index contributed by atoms with van der Waals surface area (Å²) in [6, 6.07) is 20.3. The zero-order valence-corrected chi connectivity index (χ0v) is 26.3. The summed E-state index contributed by atoms with van der Waals surface area (Å²) in [7, 11) is 1.43. The SMILES string of the molecule is CCCCCC(/C=C/[C@@H]1c2sc(CCCC(=O)OC)nc2C[C@H]1OCOCc1ccccc1)OCOCc1ccccc1. The molecule has 4 rings (SSSR count). The van der Waals surface area contributed by atoms with Crippen LogP contribution in [0.5, 0.6) is 0 Å². The number of carbonyl (C=O) groups excluding carboxylic acids is 1. The standard InChI is InChI=1S/C35H45NO6S/c1-3-4-7-17-29(41-25-39-23-27-13-8-5-9-14-27)20-21-30-32(42-26-40-24-28-15-10-6-11-16-28)22-31-35(30)43-33(36-31)18-12-19-34(37)38-2/h5-6,8-11,13-16,20-21,29-30,32H,3-4,7,12,17-19,22-26H2,1-2H3/b21-20+/t29?,30-,32+/m0/s1. The Morgan fingerprint density at radius 1 is 0.977 bits per heavy atom. The lowest BCUT2D eigenvalue weighted by Crippen LogP contribution is -2.20. The number of hydrogen-bond acceptors (Lipinski definition) is 8. The third-order valence-electron chi connectivity index (χ3n) is 7.45. The van der Waals surface area contributed by atoms with Gasteiger partial charge in [0.2, 0.25) is 0 Å². The molecule has 0 N–H and O–H groups in total. The van der Waals surface area contributed by atoms with Crippen molar-refractivity contribution in [2.75, 3.05) is 20.7 Å². The Hall–Kier alpha value is -2.88. The summed E-state index contributed by atoms with van der Waals surface area (Å²) in [5.74, 6) is -0.125. The summed E-state index contributed by atoms with van der Waals surface area (Å²) < 4.78 is 29.0. The number of carbonyl (C=O) groups is 1. The molecule has 0 bridgehead atoms. The first-order valence-electron chi connectivity index (χ1n) is 15.4. The Labute approximate surface area is 260 Å². The quantitative estimate of drug-likeness (QED) is 0.0569. The van der Waals surface area contributed by atoms with Crippen LogP contribution in [0, 0.1) is 0 Å². The molecule has 1 aliphatic rings. The Bertz CT molecular complexity index is 1230. The zero-order valence-electron chi connectivity index (χ0n) is 25.5. The Morgan fingerprint density at radius 2 is 1.67 bits per heavy atom. The van der Waals surface area contributed by atoms with E-state index in [0.717, 1.165) is 60.4 Å². The van der Waals surface area contributed by atoms with Crippen LogP contribution in [0.4, 0.5) is 0 Å². The van der Waals surface area contributed by atoms with Crippen molar-refractivity contribution in [1.82, 2.24) is 4.98 Å². The van der Waals surface area contributed by atoms with Crippen LogP contribution in [0.2, 0.25) is 0 Å². The highest BCUT2D eigenvalue weighted by molar-refractivity contribution is 7.11. The number of aromatic nitrogens is 1. The van der Waals surface area contributed by atoms with Crippen LogP contribution >= 0.6 is 11.3 Å². The highest BCUT2D eigenvalue weighted by Gasteiger charge is 2.35. The third kappa shape index (κ3) is 11.3. The number of hydrogen-bond donors (Lipinski definition) is 0. The Kier molecular flexibility index (Phi) is 14.4. The van der Waals surface area contributed by atoms with Crippen LogP contribution < -0.4 is 0 Å². The molecule has 1 heterocycles.